The van der Waals surface area contributed by atoms with E-state index in [-0.39, 0.29) is 17.8 Å². The molecule has 3 rings (SSSR count). The van der Waals surface area contributed by atoms with Gasteiger partial charge in [-0.3, -0.25) is 4.79 Å². The molecule has 0 fully saturated rings. The van der Waals surface area contributed by atoms with Crippen LogP contribution in [0.1, 0.15) is 31.1 Å². The molecule has 6 heteroatoms. The summed E-state index contributed by atoms with van der Waals surface area (Å²) in [5.41, 5.74) is 2.67. The third-order valence-electron chi connectivity index (χ3n) is 4.59. The molecule has 2 aromatic carbocycles. The molecule has 0 aliphatic carbocycles. The number of H-pyrrole nitrogens is 1. The minimum absolute atomic E-state index is 0.142. The first-order chi connectivity index (χ1) is 13.0. The Labute approximate surface area is 157 Å². The molecule has 0 amide bonds. The SMILES string of the molecule is CC(=O)Oc1cccc2c(CCN[C@@H](C)[C@@H](O)c3ccc(O)cc3)c[nH]c12. The Bertz CT molecular complexity index is 918. The van der Waals surface area contributed by atoms with Crippen LogP contribution in [0.25, 0.3) is 10.9 Å². The maximum absolute atomic E-state index is 11.2. The summed E-state index contributed by atoms with van der Waals surface area (Å²) in [5.74, 6) is 0.353. The highest BCUT2D eigenvalue weighted by Crippen LogP contribution is 2.27. The summed E-state index contributed by atoms with van der Waals surface area (Å²) < 4.78 is 5.24. The number of aliphatic hydroxyl groups is 1. The molecule has 0 unspecified atom stereocenters. The number of nitrogens with one attached hydrogen (secondary N) is 2. The van der Waals surface area contributed by atoms with Gasteiger partial charge in [-0.2, -0.15) is 0 Å². The highest BCUT2D eigenvalue weighted by molar-refractivity contribution is 5.90. The molecule has 6 nitrogen and oxygen atoms in total. The van der Waals surface area contributed by atoms with Gasteiger partial charge in [0.25, 0.3) is 0 Å². The number of ether oxygens (including phenoxy) is 1. The summed E-state index contributed by atoms with van der Waals surface area (Å²) in [4.78, 5) is 14.4. The van der Waals surface area contributed by atoms with E-state index in [1.54, 1.807) is 30.3 Å². The number of aliphatic hydroxyl groups excluding tert-OH is 1. The summed E-state index contributed by atoms with van der Waals surface area (Å²) in [6, 6.07) is 12.0. The number of aromatic amines is 1. The van der Waals surface area contributed by atoms with E-state index < -0.39 is 6.10 Å². The zero-order chi connectivity index (χ0) is 19.4. The Kier molecular flexibility index (Phi) is 5.78. The van der Waals surface area contributed by atoms with Crippen molar-refractivity contribution in [3.63, 3.8) is 0 Å². The molecule has 0 spiro atoms. The Morgan fingerprint density at radius 3 is 2.67 bits per heavy atom. The topological polar surface area (TPSA) is 94.6 Å². The van der Waals surface area contributed by atoms with Gasteiger partial charge in [0.05, 0.1) is 11.6 Å². The molecular formula is C21H24N2O4. The van der Waals surface area contributed by atoms with Crippen LogP contribution in [0.5, 0.6) is 11.5 Å². The first-order valence-corrected chi connectivity index (χ1v) is 8.93. The first kappa shape index (κ1) is 18.9. The lowest BCUT2D eigenvalue weighted by atomic mass is 10.0. The van der Waals surface area contributed by atoms with Gasteiger partial charge in [-0.15, -0.1) is 0 Å². The Morgan fingerprint density at radius 2 is 1.96 bits per heavy atom. The second-order valence-corrected chi connectivity index (χ2v) is 6.62. The Balaban J connectivity index is 1.61. The number of carbonyl (C=O) groups excluding carboxylic acids is 1. The van der Waals surface area contributed by atoms with Crippen molar-refractivity contribution >= 4 is 16.9 Å². The molecule has 0 saturated heterocycles. The minimum Gasteiger partial charge on any atom is -0.508 e. The maximum atomic E-state index is 11.2. The number of aromatic hydroxyl groups is 1. The van der Waals surface area contributed by atoms with E-state index in [0.29, 0.717) is 12.3 Å². The molecule has 0 radical (unpaired) electrons. The minimum atomic E-state index is -0.663. The summed E-state index contributed by atoms with van der Waals surface area (Å²) in [6.07, 6.45) is 2.01. The van der Waals surface area contributed by atoms with E-state index >= 15 is 0 Å². The summed E-state index contributed by atoms with van der Waals surface area (Å²) >= 11 is 0. The standard InChI is InChI=1S/C21H24N2O4/c1-13(21(26)15-6-8-17(25)9-7-15)22-11-10-16-12-23-20-18(16)4-3-5-19(20)27-14(2)24/h3-9,12-13,21-23,25-26H,10-11H2,1-2H3/t13-,21+/m0/s1. The maximum Gasteiger partial charge on any atom is 0.308 e. The average molecular weight is 368 g/mol. The molecule has 0 aliphatic rings. The predicted octanol–water partition coefficient (Wildman–Crippen LogP) is 3.05. The second-order valence-electron chi connectivity index (χ2n) is 6.62. The van der Waals surface area contributed by atoms with Gasteiger partial charge in [0.1, 0.15) is 5.75 Å². The normalized spacial score (nSPS) is 13.4. The van der Waals surface area contributed by atoms with Gasteiger partial charge in [0, 0.05) is 24.5 Å². The fourth-order valence-corrected chi connectivity index (χ4v) is 3.14. The van der Waals surface area contributed by atoms with Crippen LogP contribution < -0.4 is 10.1 Å². The van der Waals surface area contributed by atoms with Gasteiger partial charge < -0.3 is 25.3 Å². The Morgan fingerprint density at radius 1 is 1.22 bits per heavy atom. The van der Waals surface area contributed by atoms with Crippen LogP contribution in [0.4, 0.5) is 0 Å². The number of para-hydroxylation sites is 1. The van der Waals surface area contributed by atoms with Gasteiger partial charge in [0.15, 0.2) is 5.75 Å². The van der Waals surface area contributed by atoms with Crippen molar-refractivity contribution < 1.29 is 19.7 Å². The van der Waals surface area contributed by atoms with E-state index in [0.717, 1.165) is 28.5 Å². The first-order valence-electron chi connectivity index (χ1n) is 8.93. The van der Waals surface area contributed by atoms with E-state index in [1.165, 1.54) is 6.92 Å². The summed E-state index contributed by atoms with van der Waals surface area (Å²) in [7, 11) is 0. The zero-order valence-corrected chi connectivity index (χ0v) is 15.4. The number of rotatable bonds is 7. The molecule has 3 aromatic rings. The van der Waals surface area contributed by atoms with E-state index in [4.69, 9.17) is 4.74 Å². The largest absolute Gasteiger partial charge is 0.508 e. The molecule has 2 atom stereocenters. The van der Waals surface area contributed by atoms with Crippen molar-refractivity contribution in [1.29, 1.82) is 0 Å². The number of phenolic OH excluding ortho intramolecular Hbond substituents is 1. The molecule has 4 N–H and O–H groups in total. The molecule has 27 heavy (non-hydrogen) atoms. The molecule has 0 saturated carbocycles. The molecule has 142 valence electrons. The average Bonchev–Trinajstić information content (AvgIpc) is 3.05. The molecular weight excluding hydrogens is 344 g/mol. The van der Waals surface area contributed by atoms with E-state index in [9.17, 15) is 15.0 Å². The van der Waals surface area contributed by atoms with E-state index in [1.807, 2.05) is 25.3 Å². The van der Waals surface area contributed by atoms with Crippen LogP contribution in [0.3, 0.4) is 0 Å². The van der Waals surface area contributed by atoms with Gasteiger partial charge in [-0.05, 0) is 49.2 Å². The lowest BCUT2D eigenvalue weighted by Crippen LogP contribution is -2.33. The van der Waals surface area contributed by atoms with Crippen molar-refractivity contribution in [3.05, 3.63) is 59.8 Å². The molecule has 0 bridgehead atoms. The lowest BCUT2D eigenvalue weighted by molar-refractivity contribution is -0.131. The second kappa shape index (κ2) is 8.24. The van der Waals surface area contributed by atoms with Gasteiger partial charge in [-0.25, -0.2) is 0 Å². The number of benzene rings is 2. The lowest BCUT2D eigenvalue weighted by Gasteiger charge is -2.20. The number of hydrogen-bond donors (Lipinski definition) is 4. The van der Waals surface area contributed by atoms with Crippen LogP contribution >= 0.6 is 0 Å². The molecule has 0 aliphatic heterocycles. The number of aromatic nitrogens is 1. The summed E-state index contributed by atoms with van der Waals surface area (Å²) in [6.45, 7) is 3.99. The van der Waals surface area contributed by atoms with Crippen molar-refractivity contribution in [2.75, 3.05) is 6.54 Å². The van der Waals surface area contributed by atoms with Crippen molar-refractivity contribution in [2.24, 2.45) is 0 Å². The third kappa shape index (κ3) is 4.48. The Hall–Kier alpha value is -2.83. The predicted molar refractivity (Wildman–Crippen MR) is 104 cm³/mol. The van der Waals surface area contributed by atoms with Crippen LogP contribution in [0, 0.1) is 0 Å². The molecule has 1 heterocycles. The van der Waals surface area contributed by atoms with Gasteiger partial charge in [0.2, 0.25) is 0 Å². The van der Waals surface area contributed by atoms with Gasteiger partial charge in [-0.1, -0.05) is 24.3 Å². The van der Waals surface area contributed by atoms with Crippen LogP contribution in [-0.2, 0) is 11.2 Å². The third-order valence-corrected chi connectivity index (χ3v) is 4.59. The number of carbonyl (C=O) groups is 1. The monoisotopic (exact) mass is 368 g/mol. The fraction of sp³-hybridized carbons (Fsp3) is 0.286. The number of esters is 1. The smallest absolute Gasteiger partial charge is 0.308 e. The van der Waals surface area contributed by atoms with Crippen molar-refractivity contribution in [1.82, 2.24) is 10.3 Å². The van der Waals surface area contributed by atoms with Crippen LogP contribution in [0.2, 0.25) is 0 Å². The number of fused-ring (bicyclic) bond motifs is 1. The van der Waals surface area contributed by atoms with Crippen LogP contribution in [0.15, 0.2) is 48.7 Å². The van der Waals surface area contributed by atoms with Gasteiger partial charge >= 0.3 is 5.97 Å². The van der Waals surface area contributed by atoms with Crippen molar-refractivity contribution in [2.45, 2.75) is 32.4 Å². The molecule has 1 aromatic heterocycles. The summed E-state index contributed by atoms with van der Waals surface area (Å²) in [5, 5.41) is 24.1. The number of phenols is 1. The number of hydrogen-bond acceptors (Lipinski definition) is 5. The fourth-order valence-electron chi connectivity index (χ4n) is 3.14. The van der Waals surface area contributed by atoms with Crippen molar-refractivity contribution in [3.8, 4) is 11.5 Å². The van der Waals surface area contributed by atoms with Crippen LogP contribution in [-0.4, -0.2) is 33.8 Å². The highest BCUT2D eigenvalue weighted by atomic mass is 16.5. The van der Waals surface area contributed by atoms with E-state index in [2.05, 4.69) is 10.3 Å². The zero-order valence-electron chi connectivity index (χ0n) is 15.4. The highest BCUT2D eigenvalue weighted by Gasteiger charge is 2.16. The quantitative estimate of drug-likeness (QED) is 0.380.